The minimum absolute atomic E-state index is 0. The highest BCUT2D eigenvalue weighted by Crippen LogP contribution is 2.28. The Morgan fingerprint density at radius 3 is 2.59 bits per heavy atom. The Bertz CT molecular complexity index is 798. The van der Waals surface area contributed by atoms with E-state index in [-0.39, 0.29) is 18.3 Å². The highest BCUT2D eigenvalue weighted by Gasteiger charge is 2.27. The maximum atomic E-state index is 12.8. The van der Waals surface area contributed by atoms with Crippen molar-refractivity contribution in [1.29, 1.82) is 0 Å². The van der Waals surface area contributed by atoms with Gasteiger partial charge in [-0.1, -0.05) is 23.2 Å². The van der Waals surface area contributed by atoms with Crippen molar-refractivity contribution in [2.24, 2.45) is 5.92 Å². The molecule has 1 saturated heterocycles. The van der Waals surface area contributed by atoms with Gasteiger partial charge in [-0.15, -0.1) is 12.4 Å². The van der Waals surface area contributed by atoms with Crippen molar-refractivity contribution in [3.05, 3.63) is 46.2 Å². The number of benzene rings is 1. The Hall–Kier alpha value is -1.27. The molecule has 0 unspecified atom stereocenters. The van der Waals surface area contributed by atoms with Crippen LogP contribution >= 0.6 is 35.6 Å². The van der Waals surface area contributed by atoms with Crippen LogP contribution in [0.25, 0.3) is 5.69 Å². The summed E-state index contributed by atoms with van der Waals surface area (Å²) >= 11 is 12.2. The molecule has 1 aromatic heterocycles. The van der Waals surface area contributed by atoms with Gasteiger partial charge in [0, 0.05) is 30.4 Å². The lowest BCUT2D eigenvalue weighted by Gasteiger charge is -2.32. The Kier molecular flexibility index (Phi) is 6.69. The zero-order chi connectivity index (χ0) is 18.1. The van der Waals surface area contributed by atoms with Gasteiger partial charge < -0.3 is 10.2 Å². The first-order valence-electron chi connectivity index (χ1n) is 9.13. The summed E-state index contributed by atoms with van der Waals surface area (Å²) in [5.74, 6) is 0.919. The molecule has 146 valence electrons. The largest absolute Gasteiger partial charge is 0.338 e. The Balaban J connectivity index is 0.00000210. The quantitative estimate of drug-likeness (QED) is 0.775. The van der Waals surface area contributed by atoms with E-state index in [1.165, 1.54) is 12.8 Å². The number of amides is 1. The van der Waals surface area contributed by atoms with Crippen molar-refractivity contribution in [2.45, 2.75) is 31.7 Å². The van der Waals surface area contributed by atoms with Crippen LogP contribution in [0, 0.1) is 5.92 Å². The standard InChI is InChI=1S/C19H22Cl2N4O.ClH/c20-15-3-4-18(17(21)9-15)25-12-14(11-23-25)19(26)24-7-5-16(6-8-24)22-10-13-1-2-13;/h3-4,9,11-13,16,22H,1-2,5-8,10H2;1H. The van der Waals surface area contributed by atoms with E-state index in [1.54, 1.807) is 35.3 Å². The molecular formula is C19H23Cl3N4O. The van der Waals surface area contributed by atoms with E-state index in [0.717, 1.165) is 38.4 Å². The lowest BCUT2D eigenvalue weighted by atomic mass is 10.0. The summed E-state index contributed by atoms with van der Waals surface area (Å²) in [5, 5.41) is 9.00. The number of carbonyl (C=O) groups is 1. The van der Waals surface area contributed by atoms with Gasteiger partial charge in [-0.25, -0.2) is 4.68 Å². The van der Waals surface area contributed by atoms with E-state index in [1.807, 2.05) is 4.90 Å². The number of hydrogen-bond acceptors (Lipinski definition) is 3. The number of halogens is 3. The molecule has 0 spiro atoms. The number of hydrogen-bond donors (Lipinski definition) is 1. The number of nitrogens with one attached hydrogen (secondary N) is 1. The van der Waals surface area contributed by atoms with Crippen LogP contribution in [0.3, 0.4) is 0 Å². The van der Waals surface area contributed by atoms with Gasteiger partial charge in [0.2, 0.25) is 0 Å². The SMILES string of the molecule is Cl.O=C(c1cnn(-c2ccc(Cl)cc2Cl)c1)N1CCC(NCC2CC2)CC1. The summed E-state index contributed by atoms with van der Waals surface area (Å²) in [6.07, 6.45) is 8.09. The normalized spacial score (nSPS) is 17.6. The lowest BCUT2D eigenvalue weighted by Crippen LogP contribution is -2.45. The second-order valence-electron chi connectivity index (χ2n) is 7.19. The van der Waals surface area contributed by atoms with Crippen LogP contribution in [-0.4, -0.2) is 46.3 Å². The van der Waals surface area contributed by atoms with Crippen LogP contribution in [0.1, 0.15) is 36.0 Å². The number of aromatic nitrogens is 2. The monoisotopic (exact) mass is 428 g/mol. The Morgan fingerprint density at radius 2 is 1.93 bits per heavy atom. The second-order valence-corrected chi connectivity index (χ2v) is 8.03. The molecule has 1 aromatic carbocycles. The van der Waals surface area contributed by atoms with Gasteiger partial charge in [-0.2, -0.15) is 5.10 Å². The molecule has 0 radical (unpaired) electrons. The maximum Gasteiger partial charge on any atom is 0.257 e. The molecule has 4 rings (SSSR count). The molecule has 1 amide bonds. The minimum atomic E-state index is 0. The summed E-state index contributed by atoms with van der Waals surface area (Å²) in [5.41, 5.74) is 1.29. The van der Waals surface area contributed by atoms with Crippen molar-refractivity contribution in [3.63, 3.8) is 0 Å². The molecule has 2 heterocycles. The van der Waals surface area contributed by atoms with Gasteiger partial charge >= 0.3 is 0 Å². The molecule has 2 aliphatic rings. The summed E-state index contributed by atoms with van der Waals surface area (Å²) in [4.78, 5) is 14.7. The number of carbonyl (C=O) groups excluding carboxylic acids is 1. The summed E-state index contributed by atoms with van der Waals surface area (Å²) in [6, 6.07) is 5.75. The van der Waals surface area contributed by atoms with Crippen molar-refractivity contribution >= 4 is 41.5 Å². The molecule has 1 aliphatic carbocycles. The van der Waals surface area contributed by atoms with E-state index >= 15 is 0 Å². The van der Waals surface area contributed by atoms with Crippen LogP contribution in [0.15, 0.2) is 30.6 Å². The maximum absolute atomic E-state index is 12.8. The number of likely N-dealkylation sites (tertiary alicyclic amines) is 1. The van der Waals surface area contributed by atoms with E-state index in [2.05, 4.69) is 10.4 Å². The zero-order valence-electron chi connectivity index (χ0n) is 14.9. The molecule has 1 aliphatic heterocycles. The summed E-state index contributed by atoms with van der Waals surface area (Å²) < 4.78 is 1.62. The molecule has 0 bridgehead atoms. The highest BCUT2D eigenvalue weighted by atomic mass is 35.5. The van der Waals surface area contributed by atoms with Crippen molar-refractivity contribution in [3.8, 4) is 5.69 Å². The smallest absolute Gasteiger partial charge is 0.257 e. The van der Waals surface area contributed by atoms with Gasteiger partial charge in [0.25, 0.3) is 5.91 Å². The number of nitrogens with zero attached hydrogens (tertiary/aromatic N) is 3. The first-order chi connectivity index (χ1) is 12.6. The van der Waals surface area contributed by atoms with Gasteiger partial charge in [0.05, 0.1) is 22.5 Å². The van der Waals surface area contributed by atoms with Crippen molar-refractivity contribution in [2.75, 3.05) is 19.6 Å². The fraction of sp³-hybridized carbons (Fsp3) is 0.474. The topological polar surface area (TPSA) is 50.2 Å². The van der Waals surface area contributed by atoms with E-state index < -0.39 is 0 Å². The van der Waals surface area contributed by atoms with Gasteiger partial charge in [-0.05, 0) is 56.3 Å². The molecule has 5 nitrogen and oxygen atoms in total. The predicted molar refractivity (Wildman–Crippen MR) is 110 cm³/mol. The molecule has 27 heavy (non-hydrogen) atoms. The molecule has 1 saturated carbocycles. The van der Waals surface area contributed by atoms with Crippen molar-refractivity contribution < 1.29 is 4.79 Å². The number of rotatable bonds is 5. The minimum Gasteiger partial charge on any atom is -0.338 e. The zero-order valence-corrected chi connectivity index (χ0v) is 17.2. The van der Waals surface area contributed by atoms with Crippen LogP contribution in [-0.2, 0) is 0 Å². The number of piperidine rings is 1. The molecule has 2 aromatic rings. The highest BCUT2D eigenvalue weighted by molar-refractivity contribution is 6.35. The summed E-state index contributed by atoms with van der Waals surface area (Å²) in [7, 11) is 0. The van der Waals surface area contributed by atoms with E-state index in [4.69, 9.17) is 23.2 Å². The Morgan fingerprint density at radius 1 is 1.19 bits per heavy atom. The van der Waals surface area contributed by atoms with Gasteiger partial charge in [0.1, 0.15) is 0 Å². The molecule has 2 fully saturated rings. The van der Waals surface area contributed by atoms with Crippen LogP contribution < -0.4 is 5.32 Å². The second kappa shape index (κ2) is 8.82. The van der Waals surface area contributed by atoms with Crippen molar-refractivity contribution in [1.82, 2.24) is 20.0 Å². The Labute approximate surface area is 175 Å². The fourth-order valence-corrected chi connectivity index (χ4v) is 3.85. The predicted octanol–water partition coefficient (Wildman–Crippen LogP) is 4.21. The van der Waals surface area contributed by atoms with Crippen LogP contribution in [0.4, 0.5) is 0 Å². The molecule has 1 N–H and O–H groups in total. The van der Waals surface area contributed by atoms with E-state index in [0.29, 0.717) is 27.3 Å². The molecule has 8 heteroatoms. The third-order valence-electron chi connectivity index (χ3n) is 5.16. The third-order valence-corrected chi connectivity index (χ3v) is 5.70. The fourth-order valence-electron chi connectivity index (χ4n) is 3.36. The first-order valence-corrected chi connectivity index (χ1v) is 9.88. The van der Waals surface area contributed by atoms with Gasteiger partial charge in [-0.3, -0.25) is 4.79 Å². The lowest BCUT2D eigenvalue weighted by molar-refractivity contribution is 0.0705. The van der Waals surface area contributed by atoms with E-state index in [9.17, 15) is 4.79 Å². The van der Waals surface area contributed by atoms with Crippen LogP contribution in [0.2, 0.25) is 10.0 Å². The van der Waals surface area contributed by atoms with Gasteiger partial charge in [0.15, 0.2) is 0 Å². The summed E-state index contributed by atoms with van der Waals surface area (Å²) in [6.45, 7) is 2.70. The third kappa shape index (κ3) is 4.96. The molecular weight excluding hydrogens is 407 g/mol. The average Bonchev–Trinajstić information content (AvgIpc) is 3.35. The first kappa shape index (κ1) is 20.5. The van der Waals surface area contributed by atoms with Crippen LogP contribution in [0.5, 0.6) is 0 Å². The average molecular weight is 430 g/mol. The molecule has 0 atom stereocenters.